The second-order valence-electron chi connectivity index (χ2n) is 6.19. The van der Waals surface area contributed by atoms with Crippen LogP contribution >= 0.6 is 0 Å². The second kappa shape index (κ2) is 7.40. The van der Waals surface area contributed by atoms with E-state index in [4.69, 9.17) is 0 Å². The molecule has 0 aromatic carbocycles. The number of sulfonamides is 1. The Bertz CT molecular complexity index is 499. The van der Waals surface area contributed by atoms with Crippen LogP contribution in [0.3, 0.4) is 0 Å². The molecule has 1 atom stereocenters. The van der Waals surface area contributed by atoms with Crippen molar-refractivity contribution in [3.63, 3.8) is 0 Å². The molecule has 1 saturated heterocycles. The zero-order chi connectivity index (χ0) is 15.3. The summed E-state index contributed by atoms with van der Waals surface area (Å²) in [6.45, 7) is 1.73. The average Bonchev–Trinajstić information content (AvgIpc) is 2.88. The molecule has 0 saturated carbocycles. The molecule has 120 valence electrons. The predicted octanol–water partition coefficient (Wildman–Crippen LogP) is 1.66. The second-order valence-corrected chi connectivity index (χ2v) is 8.17. The number of nitrogens with zero attached hydrogens (tertiary/aromatic N) is 1. The minimum Gasteiger partial charge on any atom is -0.356 e. The largest absolute Gasteiger partial charge is 0.356 e. The van der Waals surface area contributed by atoms with Crippen LogP contribution in [0.4, 0.5) is 0 Å². The molecule has 0 radical (unpaired) electrons. The molecule has 6 heteroatoms. The third-order valence-corrected chi connectivity index (χ3v) is 5.61. The SMILES string of the molecule is CS(=O)(=O)N1CCC(CC(=O)NCCC2=CCCCC2)C1. The molecule has 1 N–H and O–H groups in total. The van der Waals surface area contributed by atoms with Crippen LogP contribution in [-0.2, 0) is 14.8 Å². The summed E-state index contributed by atoms with van der Waals surface area (Å²) < 4.78 is 24.3. The molecule has 1 unspecified atom stereocenters. The fourth-order valence-electron chi connectivity index (χ4n) is 3.09. The number of amides is 1. The number of nitrogens with one attached hydrogen (secondary N) is 1. The lowest BCUT2D eigenvalue weighted by atomic mass is 9.97. The minimum atomic E-state index is -3.11. The van der Waals surface area contributed by atoms with E-state index in [1.807, 2.05) is 0 Å². The molecule has 2 rings (SSSR count). The molecule has 1 heterocycles. The maximum Gasteiger partial charge on any atom is 0.220 e. The highest BCUT2D eigenvalue weighted by Crippen LogP contribution is 2.22. The zero-order valence-corrected chi connectivity index (χ0v) is 13.6. The molecule has 0 spiro atoms. The maximum absolute atomic E-state index is 11.9. The van der Waals surface area contributed by atoms with E-state index >= 15 is 0 Å². The van der Waals surface area contributed by atoms with E-state index in [0.29, 0.717) is 26.1 Å². The number of carbonyl (C=O) groups excluding carboxylic acids is 1. The molecule has 1 amide bonds. The monoisotopic (exact) mass is 314 g/mol. The van der Waals surface area contributed by atoms with Crippen molar-refractivity contribution in [2.45, 2.75) is 44.9 Å². The Labute approximate surface area is 127 Å². The first-order valence-corrected chi connectivity index (χ1v) is 9.69. The summed E-state index contributed by atoms with van der Waals surface area (Å²) >= 11 is 0. The molecule has 0 aromatic heterocycles. The van der Waals surface area contributed by atoms with Gasteiger partial charge in [-0.2, -0.15) is 0 Å². The molecule has 2 aliphatic rings. The standard InChI is InChI=1S/C15H26N2O3S/c1-21(19,20)17-10-8-14(12-17)11-15(18)16-9-7-13-5-3-2-4-6-13/h5,14H,2-4,6-12H2,1H3,(H,16,18). The van der Waals surface area contributed by atoms with Crippen LogP contribution in [0.15, 0.2) is 11.6 Å². The van der Waals surface area contributed by atoms with Crippen molar-refractivity contribution in [3.05, 3.63) is 11.6 Å². The number of carbonyl (C=O) groups is 1. The summed E-state index contributed by atoms with van der Waals surface area (Å²) in [6, 6.07) is 0. The quantitative estimate of drug-likeness (QED) is 0.758. The highest BCUT2D eigenvalue weighted by molar-refractivity contribution is 7.88. The Morgan fingerprint density at radius 1 is 1.43 bits per heavy atom. The molecular weight excluding hydrogens is 288 g/mol. The molecule has 1 aliphatic heterocycles. The van der Waals surface area contributed by atoms with Gasteiger partial charge in [0.05, 0.1) is 6.26 Å². The summed E-state index contributed by atoms with van der Waals surface area (Å²) in [5, 5.41) is 2.96. The van der Waals surface area contributed by atoms with Crippen molar-refractivity contribution >= 4 is 15.9 Å². The van der Waals surface area contributed by atoms with Gasteiger partial charge in [0.1, 0.15) is 0 Å². The first-order chi connectivity index (χ1) is 9.95. The lowest BCUT2D eigenvalue weighted by molar-refractivity contribution is -0.121. The van der Waals surface area contributed by atoms with Gasteiger partial charge in [-0.05, 0) is 44.4 Å². The van der Waals surface area contributed by atoms with Gasteiger partial charge >= 0.3 is 0 Å². The lowest BCUT2D eigenvalue weighted by Crippen LogP contribution is -2.30. The van der Waals surface area contributed by atoms with Crippen LogP contribution in [-0.4, -0.2) is 44.5 Å². The Hall–Kier alpha value is -0.880. The van der Waals surface area contributed by atoms with Gasteiger partial charge in [-0.25, -0.2) is 12.7 Å². The smallest absolute Gasteiger partial charge is 0.220 e. The van der Waals surface area contributed by atoms with E-state index in [1.165, 1.54) is 41.8 Å². The summed E-state index contributed by atoms with van der Waals surface area (Å²) in [6.07, 6.45) is 10.6. The first-order valence-electron chi connectivity index (χ1n) is 7.85. The zero-order valence-electron chi connectivity index (χ0n) is 12.8. The minimum absolute atomic E-state index is 0.0479. The fourth-order valence-corrected chi connectivity index (χ4v) is 4.01. The molecule has 1 aliphatic carbocycles. The number of allylic oxidation sites excluding steroid dienone is 1. The Balaban J connectivity index is 1.65. The summed E-state index contributed by atoms with van der Waals surface area (Å²) in [5.74, 6) is 0.209. The topological polar surface area (TPSA) is 66.5 Å². The van der Waals surface area contributed by atoms with Crippen LogP contribution in [0.25, 0.3) is 0 Å². The molecule has 5 nitrogen and oxygen atoms in total. The molecule has 0 bridgehead atoms. The van der Waals surface area contributed by atoms with Gasteiger partial charge < -0.3 is 5.32 Å². The van der Waals surface area contributed by atoms with Gasteiger partial charge in [0.25, 0.3) is 0 Å². The van der Waals surface area contributed by atoms with Crippen LogP contribution in [0.1, 0.15) is 44.9 Å². The van der Waals surface area contributed by atoms with Gasteiger partial charge in [0, 0.05) is 26.1 Å². The third kappa shape index (κ3) is 5.43. The van der Waals surface area contributed by atoms with E-state index in [2.05, 4.69) is 11.4 Å². The Kier molecular flexibility index (Phi) is 5.81. The van der Waals surface area contributed by atoms with Gasteiger partial charge in [-0.3, -0.25) is 4.79 Å². The highest BCUT2D eigenvalue weighted by atomic mass is 32.2. The average molecular weight is 314 g/mol. The lowest BCUT2D eigenvalue weighted by Gasteiger charge is -2.14. The van der Waals surface area contributed by atoms with Gasteiger partial charge in [-0.1, -0.05) is 11.6 Å². The van der Waals surface area contributed by atoms with Gasteiger partial charge in [0.15, 0.2) is 0 Å². The van der Waals surface area contributed by atoms with Crippen LogP contribution in [0, 0.1) is 5.92 Å². The van der Waals surface area contributed by atoms with E-state index in [1.54, 1.807) is 0 Å². The summed E-state index contributed by atoms with van der Waals surface area (Å²) in [7, 11) is -3.11. The van der Waals surface area contributed by atoms with Crippen molar-refractivity contribution in [3.8, 4) is 0 Å². The number of hydrogen-bond acceptors (Lipinski definition) is 3. The van der Waals surface area contributed by atoms with E-state index in [-0.39, 0.29) is 11.8 Å². The van der Waals surface area contributed by atoms with E-state index < -0.39 is 10.0 Å². The van der Waals surface area contributed by atoms with Crippen LogP contribution in [0.2, 0.25) is 0 Å². The molecular formula is C15H26N2O3S. The number of hydrogen-bond donors (Lipinski definition) is 1. The number of rotatable bonds is 6. The van der Waals surface area contributed by atoms with Crippen molar-refractivity contribution in [1.82, 2.24) is 9.62 Å². The molecule has 1 fully saturated rings. The Morgan fingerprint density at radius 2 is 2.24 bits per heavy atom. The van der Waals surface area contributed by atoms with E-state index in [9.17, 15) is 13.2 Å². The first kappa shape index (κ1) is 16.5. The van der Waals surface area contributed by atoms with Crippen molar-refractivity contribution in [2.24, 2.45) is 5.92 Å². The molecule has 21 heavy (non-hydrogen) atoms. The van der Waals surface area contributed by atoms with Gasteiger partial charge in [-0.15, -0.1) is 0 Å². The van der Waals surface area contributed by atoms with E-state index in [0.717, 1.165) is 12.8 Å². The normalized spacial score (nSPS) is 23.9. The van der Waals surface area contributed by atoms with Crippen LogP contribution in [0.5, 0.6) is 0 Å². The third-order valence-electron chi connectivity index (χ3n) is 4.34. The maximum atomic E-state index is 11.9. The van der Waals surface area contributed by atoms with Crippen molar-refractivity contribution in [2.75, 3.05) is 25.9 Å². The predicted molar refractivity (Wildman–Crippen MR) is 83.3 cm³/mol. The summed E-state index contributed by atoms with van der Waals surface area (Å²) in [5.41, 5.74) is 1.46. The van der Waals surface area contributed by atoms with Crippen LogP contribution < -0.4 is 5.32 Å². The van der Waals surface area contributed by atoms with Crippen molar-refractivity contribution < 1.29 is 13.2 Å². The molecule has 0 aromatic rings. The summed E-state index contributed by atoms with van der Waals surface area (Å²) in [4.78, 5) is 11.9. The fraction of sp³-hybridized carbons (Fsp3) is 0.800. The van der Waals surface area contributed by atoms with Gasteiger partial charge in [0.2, 0.25) is 15.9 Å². The highest BCUT2D eigenvalue weighted by Gasteiger charge is 2.29. The Morgan fingerprint density at radius 3 is 2.86 bits per heavy atom. The van der Waals surface area contributed by atoms with Crippen molar-refractivity contribution in [1.29, 1.82) is 0 Å².